The van der Waals surface area contributed by atoms with Crippen molar-refractivity contribution in [3.05, 3.63) is 81.2 Å². The number of hydrogen-bond acceptors (Lipinski definition) is 6. The molecular weight excluding hydrogens is 462 g/mol. The largest absolute Gasteiger partial charge is 0.306 e. The van der Waals surface area contributed by atoms with Crippen LogP contribution in [0.5, 0.6) is 0 Å². The van der Waals surface area contributed by atoms with Gasteiger partial charge in [-0.15, -0.1) is 0 Å². The van der Waals surface area contributed by atoms with Crippen LogP contribution >= 0.6 is 22.9 Å². The summed E-state index contributed by atoms with van der Waals surface area (Å²) >= 11 is 7.31. The third-order valence-corrected chi connectivity index (χ3v) is 6.53. The van der Waals surface area contributed by atoms with E-state index in [2.05, 4.69) is 15.4 Å². The first-order valence-electron chi connectivity index (χ1n) is 10.3. The second-order valence-electron chi connectivity index (χ2n) is 7.54. The zero-order valence-electron chi connectivity index (χ0n) is 17.3. The topological polar surface area (TPSA) is 97.2 Å². The van der Waals surface area contributed by atoms with Gasteiger partial charge in [-0.2, -0.15) is 5.10 Å². The van der Waals surface area contributed by atoms with Crippen LogP contribution in [0.2, 0.25) is 5.02 Å². The number of nitrogens with one attached hydrogen (secondary N) is 1. The van der Waals surface area contributed by atoms with Gasteiger partial charge >= 0.3 is 0 Å². The average Bonchev–Trinajstić information content (AvgIpc) is 3.41. The minimum atomic E-state index is -0.379. The molecule has 1 aliphatic heterocycles. The van der Waals surface area contributed by atoms with Crippen LogP contribution in [0.4, 0.5) is 10.8 Å². The van der Waals surface area contributed by atoms with Gasteiger partial charge in [-0.3, -0.25) is 14.4 Å². The summed E-state index contributed by atoms with van der Waals surface area (Å²) < 4.78 is 2.01. The monoisotopic (exact) mass is 479 g/mol. The second-order valence-corrected chi connectivity index (χ2v) is 9.01. The number of rotatable bonds is 5. The highest BCUT2D eigenvalue weighted by molar-refractivity contribution is 7.22. The maximum absolute atomic E-state index is 13.0. The zero-order chi connectivity index (χ0) is 22.9. The smallest absolute Gasteiger partial charge is 0.278 e. The molecule has 0 bridgehead atoms. The molecule has 0 spiro atoms. The Morgan fingerprint density at radius 2 is 1.97 bits per heavy atom. The normalized spacial score (nSPS) is 12.7. The second kappa shape index (κ2) is 8.76. The van der Waals surface area contributed by atoms with Crippen LogP contribution in [-0.4, -0.2) is 33.1 Å². The Hall–Kier alpha value is -3.56. The van der Waals surface area contributed by atoms with Gasteiger partial charge in [0.05, 0.1) is 16.8 Å². The van der Waals surface area contributed by atoms with E-state index < -0.39 is 0 Å². The number of carbonyl (C=O) groups is 2. The van der Waals surface area contributed by atoms with Crippen molar-refractivity contribution in [3.8, 4) is 0 Å². The number of para-hydroxylation sites is 1. The first-order chi connectivity index (χ1) is 16.0. The average molecular weight is 480 g/mol. The molecule has 0 saturated carbocycles. The number of aryl methyl sites for hydroxylation is 1. The molecule has 0 unspecified atom stereocenters. The van der Waals surface area contributed by atoms with Gasteiger partial charge in [0, 0.05) is 29.7 Å². The van der Waals surface area contributed by atoms with E-state index in [4.69, 9.17) is 11.6 Å². The van der Waals surface area contributed by atoms with Gasteiger partial charge < -0.3 is 10.2 Å². The summed E-state index contributed by atoms with van der Waals surface area (Å²) in [7, 11) is 0. The summed E-state index contributed by atoms with van der Waals surface area (Å²) in [4.78, 5) is 43.7. The van der Waals surface area contributed by atoms with Crippen molar-refractivity contribution >= 4 is 55.8 Å². The molecule has 0 fully saturated rings. The van der Waals surface area contributed by atoms with Crippen LogP contribution in [0.3, 0.4) is 0 Å². The van der Waals surface area contributed by atoms with Crippen LogP contribution < -0.4 is 15.8 Å². The number of fused-ring (bicyclic) bond motifs is 2. The van der Waals surface area contributed by atoms with E-state index >= 15 is 0 Å². The van der Waals surface area contributed by atoms with Crippen molar-refractivity contribution in [2.75, 3.05) is 16.8 Å². The van der Waals surface area contributed by atoms with E-state index in [1.54, 1.807) is 23.1 Å². The van der Waals surface area contributed by atoms with E-state index in [0.717, 1.165) is 32.6 Å². The first-order valence-corrected chi connectivity index (χ1v) is 11.5. The van der Waals surface area contributed by atoms with Crippen molar-refractivity contribution in [2.45, 2.75) is 19.4 Å². The molecule has 0 atom stereocenters. The minimum absolute atomic E-state index is 0.00772. The molecule has 33 heavy (non-hydrogen) atoms. The van der Waals surface area contributed by atoms with Gasteiger partial charge in [-0.05, 0) is 42.3 Å². The third kappa shape index (κ3) is 4.37. The molecular formula is C23H18ClN5O3S. The Labute approximate surface area is 197 Å². The fourth-order valence-electron chi connectivity index (χ4n) is 3.75. The van der Waals surface area contributed by atoms with Crippen molar-refractivity contribution in [1.82, 2.24) is 14.8 Å². The molecule has 10 heteroatoms. The fourth-order valence-corrected chi connectivity index (χ4v) is 4.91. The molecule has 2 aromatic carbocycles. The van der Waals surface area contributed by atoms with Crippen molar-refractivity contribution in [2.24, 2.45) is 0 Å². The number of hydrogen-bond donors (Lipinski definition) is 1. The lowest BCUT2D eigenvalue weighted by Crippen LogP contribution is -2.33. The Kier molecular flexibility index (Phi) is 5.65. The standard InChI is InChI=1S/C23H18ClN5O3S/c24-15-5-6-16-19(13-15)33-23(25-16)26-20(30)10-12-29-21(31)8-7-17(27-29)22(32)28-11-9-14-3-1-2-4-18(14)28/h1-8,13H,9-12H2,(H,25,26,30). The number of carbonyl (C=O) groups excluding carboxylic acids is 2. The third-order valence-electron chi connectivity index (χ3n) is 5.37. The van der Waals surface area contributed by atoms with E-state index in [1.807, 2.05) is 24.3 Å². The van der Waals surface area contributed by atoms with Gasteiger partial charge in [-0.25, -0.2) is 9.67 Å². The highest BCUT2D eigenvalue weighted by Gasteiger charge is 2.26. The van der Waals surface area contributed by atoms with Crippen LogP contribution in [0.1, 0.15) is 22.5 Å². The molecule has 3 heterocycles. The summed E-state index contributed by atoms with van der Waals surface area (Å²) in [6.45, 7) is 0.605. The van der Waals surface area contributed by atoms with E-state index in [-0.39, 0.29) is 36.0 Å². The zero-order valence-corrected chi connectivity index (χ0v) is 18.9. The van der Waals surface area contributed by atoms with Gasteiger partial charge in [0.2, 0.25) is 5.91 Å². The van der Waals surface area contributed by atoms with E-state index in [1.165, 1.54) is 23.5 Å². The summed E-state index contributed by atoms with van der Waals surface area (Å²) in [5, 5.41) is 8.01. The summed E-state index contributed by atoms with van der Waals surface area (Å²) in [6, 6.07) is 15.8. The van der Waals surface area contributed by atoms with Gasteiger partial charge in [0.1, 0.15) is 5.69 Å². The molecule has 4 aromatic rings. The lowest BCUT2D eigenvalue weighted by Gasteiger charge is -2.17. The Balaban J connectivity index is 1.27. The van der Waals surface area contributed by atoms with E-state index in [9.17, 15) is 14.4 Å². The molecule has 2 amide bonds. The lowest BCUT2D eigenvalue weighted by atomic mass is 10.2. The predicted octanol–water partition coefficient (Wildman–Crippen LogP) is 3.74. The van der Waals surface area contributed by atoms with Crippen LogP contribution in [-0.2, 0) is 17.8 Å². The maximum atomic E-state index is 13.0. The number of benzene rings is 2. The number of halogens is 1. The number of thiazole rings is 1. The molecule has 0 saturated heterocycles. The number of anilines is 2. The van der Waals surface area contributed by atoms with Gasteiger partial charge in [-0.1, -0.05) is 41.1 Å². The Morgan fingerprint density at radius 1 is 1.12 bits per heavy atom. The fraction of sp³-hybridized carbons (Fsp3) is 0.174. The molecule has 1 N–H and O–H groups in total. The van der Waals surface area contributed by atoms with Crippen LogP contribution in [0.25, 0.3) is 10.2 Å². The van der Waals surface area contributed by atoms with Gasteiger partial charge in [0.25, 0.3) is 11.5 Å². The molecule has 8 nitrogen and oxygen atoms in total. The summed E-state index contributed by atoms with van der Waals surface area (Å²) in [6.07, 6.45) is 0.785. The van der Waals surface area contributed by atoms with Crippen LogP contribution in [0, 0.1) is 0 Å². The summed E-state index contributed by atoms with van der Waals surface area (Å²) in [5.41, 5.74) is 2.49. The van der Waals surface area contributed by atoms with Crippen molar-refractivity contribution in [1.29, 1.82) is 0 Å². The Morgan fingerprint density at radius 3 is 2.85 bits per heavy atom. The van der Waals surface area contributed by atoms with E-state index in [0.29, 0.717) is 16.7 Å². The molecule has 5 rings (SSSR count). The maximum Gasteiger partial charge on any atom is 0.278 e. The minimum Gasteiger partial charge on any atom is -0.306 e. The highest BCUT2D eigenvalue weighted by atomic mass is 35.5. The van der Waals surface area contributed by atoms with Gasteiger partial charge in [0.15, 0.2) is 5.13 Å². The highest BCUT2D eigenvalue weighted by Crippen LogP contribution is 2.29. The Bertz CT molecular complexity index is 1450. The first kappa shape index (κ1) is 21.3. The predicted molar refractivity (Wildman–Crippen MR) is 128 cm³/mol. The molecule has 0 aliphatic carbocycles. The number of aromatic nitrogens is 3. The summed E-state index contributed by atoms with van der Waals surface area (Å²) in [5.74, 6) is -0.578. The molecule has 1 aliphatic rings. The van der Waals surface area contributed by atoms with Crippen molar-refractivity contribution < 1.29 is 9.59 Å². The molecule has 0 radical (unpaired) electrons. The molecule has 2 aromatic heterocycles. The quantitative estimate of drug-likeness (QED) is 0.470. The molecule has 166 valence electrons. The number of amides is 2. The number of nitrogens with zero attached hydrogens (tertiary/aromatic N) is 4. The van der Waals surface area contributed by atoms with Crippen LogP contribution in [0.15, 0.2) is 59.4 Å². The van der Waals surface area contributed by atoms with Crippen molar-refractivity contribution in [3.63, 3.8) is 0 Å². The lowest BCUT2D eigenvalue weighted by molar-refractivity contribution is -0.116. The SMILES string of the molecule is O=C(CCn1nc(C(=O)N2CCc3ccccc32)ccc1=O)Nc1nc2ccc(Cl)cc2s1.